The van der Waals surface area contributed by atoms with E-state index >= 15 is 0 Å². The summed E-state index contributed by atoms with van der Waals surface area (Å²) in [5, 5.41) is 10.5. The first kappa shape index (κ1) is 8.75. The Bertz CT molecular complexity index is 279. The number of hydrogen-bond acceptors (Lipinski definition) is 2. The van der Waals surface area contributed by atoms with Gasteiger partial charge < -0.3 is 5.32 Å². The smallest absolute Gasteiger partial charge is 0.0519 e. The Balaban J connectivity index is 1.83. The molecule has 0 spiro atoms. The number of aromatic nitrogens is 2. The summed E-state index contributed by atoms with van der Waals surface area (Å²) < 4.78 is 0. The molecule has 2 rings (SSSR count). The van der Waals surface area contributed by atoms with Crippen LogP contribution in [-0.2, 0) is 6.54 Å². The summed E-state index contributed by atoms with van der Waals surface area (Å²) in [6.07, 6.45) is 4.58. The highest BCUT2D eigenvalue weighted by Crippen LogP contribution is 2.26. The maximum absolute atomic E-state index is 4.00. The standard InChI is InChI=1S/C10H17N3/c1-7-3-4-9(7)11-6-10-8(2)5-12-13-10/h5,7,9,11H,3-4,6H2,1-2H3,(H,12,13). The molecule has 0 radical (unpaired) electrons. The van der Waals surface area contributed by atoms with Crippen LogP contribution in [0.25, 0.3) is 0 Å². The molecular weight excluding hydrogens is 162 g/mol. The van der Waals surface area contributed by atoms with E-state index in [1.54, 1.807) is 0 Å². The van der Waals surface area contributed by atoms with Crippen LogP contribution >= 0.6 is 0 Å². The lowest BCUT2D eigenvalue weighted by atomic mass is 9.81. The minimum absolute atomic E-state index is 0.725. The molecule has 0 aromatic carbocycles. The van der Waals surface area contributed by atoms with E-state index in [4.69, 9.17) is 0 Å². The highest BCUT2D eigenvalue weighted by atomic mass is 15.1. The van der Waals surface area contributed by atoms with Crippen molar-refractivity contribution in [1.82, 2.24) is 15.5 Å². The van der Waals surface area contributed by atoms with E-state index in [9.17, 15) is 0 Å². The normalized spacial score (nSPS) is 27.2. The number of aromatic amines is 1. The molecule has 1 fully saturated rings. The van der Waals surface area contributed by atoms with Crippen molar-refractivity contribution in [3.05, 3.63) is 17.5 Å². The highest BCUT2D eigenvalue weighted by molar-refractivity contribution is 5.13. The van der Waals surface area contributed by atoms with E-state index in [0.29, 0.717) is 0 Å². The fourth-order valence-electron chi connectivity index (χ4n) is 1.76. The van der Waals surface area contributed by atoms with Crippen LogP contribution in [-0.4, -0.2) is 16.2 Å². The summed E-state index contributed by atoms with van der Waals surface area (Å²) in [5.74, 6) is 0.850. The monoisotopic (exact) mass is 179 g/mol. The summed E-state index contributed by atoms with van der Waals surface area (Å²) in [6, 6.07) is 0.725. The van der Waals surface area contributed by atoms with Gasteiger partial charge in [-0.1, -0.05) is 6.92 Å². The molecule has 2 unspecified atom stereocenters. The van der Waals surface area contributed by atoms with Crippen molar-refractivity contribution in [3.63, 3.8) is 0 Å². The average Bonchev–Trinajstić information content (AvgIpc) is 2.50. The Morgan fingerprint density at radius 1 is 1.62 bits per heavy atom. The van der Waals surface area contributed by atoms with E-state index in [1.165, 1.54) is 24.1 Å². The quantitative estimate of drug-likeness (QED) is 0.740. The van der Waals surface area contributed by atoms with Crippen molar-refractivity contribution in [2.75, 3.05) is 0 Å². The second-order valence-corrected chi connectivity index (χ2v) is 4.07. The zero-order valence-corrected chi connectivity index (χ0v) is 8.30. The maximum Gasteiger partial charge on any atom is 0.0519 e. The van der Waals surface area contributed by atoms with Gasteiger partial charge in [-0.05, 0) is 31.2 Å². The van der Waals surface area contributed by atoms with Gasteiger partial charge in [0.25, 0.3) is 0 Å². The Morgan fingerprint density at radius 3 is 2.92 bits per heavy atom. The predicted molar refractivity (Wildman–Crippen MR) is 52.4 cm³/mol. The third-order valence-corrected chi connectivity index (χ3v) is 3.09. The largest absolute Gasteiger partial charge is 0.308 e. The van der Waals surface area contributed by atoms with Crippen LogP contribution in [0.4, 0.5) is 0 Å². The van der Waals surface area contributed by atoms with Crippen molar-refractivity contribution in [2.45, 2.75) is 39.3 Å². The first-order valence-electron chi connectivity index (χ1n) is 4.99. The molecule has 1 heterocycles. The number of nitrogens with zero attached hydrogens (tertiary/aromatic N) is 1. The van der Waals surface area contributed by atoms with Gasteiger partial charge in [-0.25, -0.2) is 0 Å². The van der Waals surface area contributed by atoms with Crippen molar-refractivity contribution in [2.24, 2.45) is 5.92 Å². The second-order valence-electron chi connectivity index (χ2n) is 4.07. The summed E-state index contributed by atoms with van der Waals surface area (Å²) in [4.78, 5) is 0. The topological polar surface area (TPSA) is 40.7 Å². The van der Waals surface area contributed by atoms with Crippen LogP contribution in [0.1, 0.15) is 31.0 Å². The highest BCUT2D eigenvalue weighted by Gasteiger charge is 2.25. The van der Waals surface area contributed by atoms with Crippen molar-refractivity contribution >= 4 is 0 Å². The molecule has 13 heavy (non-hydrogen) atoms. The third-order valence-electron chi connectivity index (χ3n) is 3.09. The van der Waals surface area contributed by atoms with Crippen LogP contribution in [0.3, 0.4) is 0 Å². The molecule has 72 valence electrons. The van der Waals surface area contributed by atoms with E-state index in [0.717, 1.165) is 18.5 Å². The Hall–Kier alpha value is -0.830. The van der Waals surface area contributed by atoms with Gasteiger partial charge in [-0.2, -0.15) is 5.10 Å². The lowest BCUT2D eigenvalue weighted by Gasteiger charge is -2.34. The maximum atomic E-state index is 4.00. The summed E-state index contributed by atoms with van der Waals surface area (Å²) in [6.45, 7) is 5.33. The van der Waals surface area contributed by atoms with Gasteiger partial charge in [0.2, 0.25) is 0 Å². The molecule has 0 aliphatic heterocycles. The zero-order chi connectivity index (χ0) is 9.26. The molecular formula is C10H17N3. The van der Waals surface area contributed by atoms with Crippen LogP contribution in [0.2, 0.25) is 0 Å². The molecule has 0 bridgehead atoms. The van der Waals surface area contributed by atoms with Gasteiger partial charge in [0.15, 0.2) is 0 Å². The lowest BCUT2D eigenvalue weighted by Crippen LogP contribution is -2.42. The van der Waals surface area contributed by atoms with Crippen LogP contribution in [0, 0.1) is 12.8 Å². The average molecular weight is 179 g/mol. The Labute approximate surface area is 78.9 Å². The van der Waals surface area contributed by atoms with Crippen molar-refractivity contribution < 1.29 is 0 Å². The third kappa shape index (κ3) is 1.75. The predicted octanol–water partition coefficient (Wildman–Crippen LogP) is 1.61. The molecule has 2 atom stereocenters. The van der Waals surface area contributed by atoms with Gasteiger partial charge in [0, 0.05) is 12.6 Å². The molecule has 1 aliphatic rings. The van der Waals surface area contributed by atoms with Gasteiger partial charge in [0.05, 0.1) is 11.9 Å². The number of rotatable bonds is 3. The summed E-state index contributed by atoms with van der Waals surface area (Å²) in [7, 11) is 0. The SMILES string of the molecule is Cc1cn[nH]c1CNC1CCC1C. The zero-order valence-electron chi connectivity index (χ0n) is 8.30. The van der Waals surface area contributed by atoms with E-state index in [-0.39, 0.29) is 0 Å². The number of H-pyrrole nitrogens is 1. The molecule has 3 nitrogen and oxygen atoms in total. The van der Waals surface area contributed by atoms with Gasteiger partial charge in [-0.3, -0.25) is 5.10 Å². The molecule has 1 aliphatic carbocycles. The van der Waals surface area contributed by atoms with Crippen LogP contribution in [0.5, 0.6) is 0 Å². The van der Waals surface area contributed by atoms with Crippen molar-refractivity contribution in [1.29, 1.82) is 0 Å². The van der Waals surface area contributed by atoms with Gasteiger partial charge in [0.1, 0.15) is 0 Å². The molecule has 1 aromatic rings. The number of nitrogens with one attached hydrogen (secondary N) is 2. The Kier molecular flexibility index (Phi) is 2.36. The van der Waals surface area contributed by atoms with E-state index < -0.39 is 0 Å². The van der Waals surface area contributed by atoms with E-state index in [1.807, 2.05) is 6.20 Å². The fourth-order valence-corrected chi connectivity index (χ4v) is 1.76. The van der Waals surface area contributed by atoms with Crippen molar-refractivity contribution in [3.8, 4) is 0 Å². The molecule has 1 saturated carbocycles. The Morgan fingerprint density at radius 2 is 2.46 bits per heavy atom. The first-order valence-corrected chi connectivity index (χ1v) is 4.99. The fraction of sp³-hybridized carbons (Fsp3) is 0.700. The molecule has 2 N–H and O–H groups in total. The minimum atomic E-state index is 0.725. The van der Waals surface area contributed by atoms with Crippen LogP contribution in [0.15, 0.2) is 6.20 Å². The first-order chi connectivity index (χ1) is 6.27. The minimum Gasteiger partial charge on any atom is -0.308 e. The lowest BCUT2D eigenvalue weighted by molar-refractivity contribution is 0.227. The summed E-state index contributed by atoms with van der Waals surface area (Å²) in [5.41, 5.74) is 2.47. The second kappa shape index (κ2) is 3.50. The number of aryl methyl sites for hydroxylation is 1. The number of hydrogen-bond donors (Lipinski definition) is 2. The molecule has 0 saturated heterocycles. The molecule has 0 amide bonds. The van der Waals surface area contributed by atoms with Crippen LogP contribution < -0.4 is 5.32 Å². The summed E-state index contributed by atoms with van der Waals surface area (Å²) >= 11 is 0. The van der Waals surface area contributed by atoms with Gasteiger partial charge >= 0.3 is 0 Å². The molecule has 1 aromatic heterocycles. The van der Waals surface area contributed by atoms with Gasteiger partial charge in [-0.15, -0.1) is 0 Å². The molecule has 3 heteroatoms. The van der Waals surface area contributed by atoms with E-state index in [2.05, 4.69) is 29.4 Å².